The number of nitro benzene ring substituents is 1. The predicted octanol–water partition coefficient (Wildman–Crippen LogP) is 5.04. The van der Waals surface area contributed by atoms with E-state index in [9.17, 15) is 19.7 Å². The van der Waals surface area contributed by atoms with Gasteiger partial charge >= 0.3 is 0 Å². The summed E-state index contributed by atoms with van der Waals surface area (Å²) < 4.78 is 0. The second-order valence-electron chi connectivity index (χ2n) is 12.4. The normalized spacial score (nSPS) is 13.6. The number of hydrogen-bond donors (Lipinski definition) is 3. The van der Waals surface area contributed by atoms with Crippen molar-refractivity contribution in [2.45, 2.75) is 97.8 Å². The summed E-state index contributed by atoms with van der Waals surface area (Å²) in [5, 5.41) is 20.3. The Labute approximate surface area is 227 Å². The van der Waals surface area contributed by atoms with Gasteiger partial charge in [-0.3, -0.25) is 19.7 Å². The lowest BCUT2D eigenvalue weighted by Crippen LogP contribution is -2.56. The van der Waals surface area contributed by atoms with Crippen LogP contribution in [0, 0.1) is 16.0 Å². The summed E-state index contributed by atoms with van der Waals surface area (Å²) in [7, 11) is 0. The van der Waals surface area contributed by atoms with Crippen molar-refractivity contribution in [1.82, 2.24) is 16.0 Å². The van der Waals surface area contributed by atoms with Crippen molar-refractivity contribution in [2.24, 2.45) is 5.92 Å². The molecule has 2 aromatic rings. The van der Waals surface area contributed by atoms with Crippen LogP contribution in [0.5, 0.6) is 0 Å². The van der Waals surface area contributed by atoms with Gasteiger partial charge in [-0.25, -0.2) is 0 Å². The fourth-order valence-corrected chi connectivity index (χ4v) is 4.05. The van der Waals surface area contributed by atoms with Crippen LogP contribution in [-0.4, -0.2) is 34.4 Å². The number of nitrogens with zero attached hydrogens (tertiary/aromatic N) is 1. The molecule has 38 heavy (non-hydrogen) atoms. The van der Waals surface area contributed by atoms with E-state index in [1.807, 2.05) is 20.8 Å². The molecule has 2 amide bonds. The van der Waals surface area contributed by atoms with Crippen molar-refractivity contribution >= 4 is 17.5 Å². The molecule has 0 saturated carbocycles. The molecule has 2 rings (SSSR count). The summed E-state index contributed by atoms with van der Waals surface area (Å²) >= 11 is 0. The Morgan fingerprint density at radius 3 is 1.87 bits per heavy atom. The second-order valence-corrected chi connectivity index (χ2v) is 12.4. The highest BCUT2D eigenvalue weighted by atomic mass is 16.6. The minimum absolute atomic E-state index is 0.0230. The molecule has 2 aromatic carbocycles. The van der Waals surface area contributed by atoms with E-state index in [-0.39, 0.29) is 35.3 Å². The molecule has 0 aliphatic heterocycles. The average Bonchev–Trinajstić information content (AvgIpc) is 2.80. The number of nitro groups is 1. The van der Waals surface area contributed by atoms with Crippen LogP contribution in [0.1, 0.15) is 78.5 Å². The number of amides is 2. The number of hydrogen-bond acceptors (Lipinski definition) is 5. The number of carbonyl (C=O) groups excluding carboxylic acids is 2. The first-order valence-corrected chi connectivity index (χ1v) is 13.2. The van der Waals surface area contributed by atoms with Gasteiger partial charge in [-0.2, -0.15) is 0 Å². The van der Waals surface area contributed by atoms with Crippen LogP contribution in [0.4, 0.5) is 5.69 Å². The minimum Gasteiger partial charge on any atom is -0.350 e. The molecule has 8 nitrogen and oxygen atoms in total. The van der Waals surface area contributed by atoms with E-state index in [0.29, 0.717) is 13.0 Å². The largest absolute Gasteiger partial charge is 0.350 e. The van der Waals surface area contributed by atoms with Gasteiger partial charge < -0.3 is 16.0 Å². The van der Waals surface area contributed by atoms with Crippen LogP contribution in [0.25, 0.3) is 0 Å². The van der Waals surface area contributed by atoms with E-state index < -0.39 is 22.5 Å². The maximum absolute atomic E-state index is 13.5. The van der Waals surface area contributed by atoms with Crippen molar-refractivity contribution in [2.75, 3.05) is 0 Å². The lowest BCUT2D eigenvalue weighted by atomic mass is 9.87. The molecule has 0 saturated heterocycles. The zero-order valence-electron chi connectivity index (χ0n) is 24.1. The fourth-order valence-electron chi connectivity index (χ4n) is 4.05. The fraction of sp³-hybridized carbons (Fsp3) is 0.533. The second kappa shape index (κ2) is 13.0. The van der Waals surface area contributed by atoms with Crippen molar-refractivity contribution in [3.63, 3.8) is 0 Å². The smallest absolute Gasteiger partial charge is 0.269 e. The van der Waals surface area contributed by atoms with Gasteiger partial charge in [0.1, 0.15) is 6.04 Å². The first-order chi connectivity index (χ1) is 17.5. The van der Waals surface area contributed by atoms with Gasteiger partial charge in [0.15, 0.2) is 0 Å². The standard InChI is InChI=1S/C30H44N4O4/c1-20(2)17-25(31-19-22-9-13-23(14-10-22)29(3,4)5)27(35)32-26(28(36)33-30(6,7)8)18-21-11-15-24(16-12-21)34(37)38/h9-16,20,25-26,31H,17-19H2,1-8H3,(H,32,35)(H,33,36)/t25-,26-/m0/s1. The van der Waals surface area contributed by atoms with Crippen molar-refractivity contribution in [3.8, 4) is 0 Å². The average molecular weight is 525 g/mol. The lowest BCUT2D eigenvalue weighted by Gasteiger charge is -2.28. The summed E-state index contributed by atoms with van der Waals surface area (Å²) in [4.78, 5) is 37.2. The summed E-state index contributed by atoms with van der Waals surface area (Å²) in [5.74, 6) is -0.288. The first-order valence-electron chi connectivity index (χ1n) is 13.2. The van der Waals surface area contributed by atoms with Gasteiger partial charge in [0.2, 0.25) is 11.8 Å². The molecular weight excluding hydrogens is 480 g/mol. The maximum Gasteiger partial charge on any atom is 0.269 e. The highest BCUT2D eigenvalue weighted by Gasteiger charge is 2.28. The summed E-state index contributed by atoms with van der Waals surface area (Å²) in [6.45, 7) is 16.8. The van der Waals surface area contributed by atoms with E-state index in [2.05, 4.69) is 74.8 Å². The predicted molar refractivity (Wildman–Crippen MR) is 152 cm³/mol. The number of benzene rings is 2. The van der Waals surface area contributed by atoms with Crippen molar-refractivity contribution in [3.05, 3.63) is 75.3 Å². The van der Waals surface area contributed by atoms with E-state index >= 15 is 0 Å². The molecule has 0 aromatic heterocycles. The lowest BCUT2D eigenvalue weighted by molar-refractivity contribution is -0.384. The van der Waals surface area contributed by atoms with Crippen LogP contribution < -0.4 is 16.0 Å². The van der Waals surface area contributed by atoms with E-state index in [0.717, 1.165) is 11.1 Å². The molecule has 3 N–H and O–H groups in total. The molecule has 0 radical (unpaired) electrons. The maximum atomic E-state index is 13.5. The van der Waals surface area contributed by atoms with E-state index in [1.54, 1.807) is 12.1 Å². The van der Waals surface area contributed by atoms with Gasteiger partial charge in [0, 0.05) is 30.6 Å². The summed E-state index contributed by atoms with van der Waals surface area (Å²) in [6, 6.07) is 13.1. The van der Waals surface area contributed by atoms with Crippen molar-refractivity contribution < 1.29 is 14.5 Å². The number of non-ortho nitro benzene ring substituents is 1. The Morgan fingerprint density at radius 1 is 0.842 bits per heavy atom. The van der Waals surface area contributed by atoms with Gasteiger partial charge in [0.05, 0.1) is 11.0 Å². The van der Waals surface area contributed by atoms with E-state index in [4.69, 9.17) is 0 Å². The molecule has 0 aliphatic rings. The number of rotatable bonds is 11. The Morgan fingerprint density at radius 2 is 1.39 bits per heavy atom. The molecular formula is C30H44N4O4. The van der Waals surface area contributed by atoms with Crippen LogP contribution in [0.2, 0.25) is 0 Å². The SMILES string of the molecule is CC(C)C[C@H](NCc1ccc(C(C)(C)C)cc1)C(=O)N[C@@H](Cc1ccc([N+](=O)[O-])cc1)C(=O)NC(C)(C)C. The summed E-state index contributed by atoms with van der Waals surface area (Å²) in [5.41, 5.74) is 2.61. The zero-order valence-corrected chi connectivity index (χ0v) is 24.1. The monoisotopic (exact) mass is 524 g/mol. The molecule has 0 heterocycles. The van der Waals surface area contributed by atoms with Gasteiger partial charge in [-0.1, -0.05) is 71.0 Å². The molecule has 2 atom stereocenters. The number of carbonyl (C=O) groups is 2. The Bertz CT molecular complexity index is 1080. The molecule has 0 bridgehead atoms. The van der Waals surface area contributed by atoms with Gasteiger partial charge in [-0.15, -0.1) is 0 Å². The van der Waals surface area contributed by atoms with Gasteiger partial charge in [-0.05, 0) is 55.2 Å². The zero-order chi connectivity index (χ0) is 28.7. The molecule has 0 spiro atoms. The quantitative estimate of drug-likeness (QED) is 0.282. The third kappa shape index (κ3) is 10.2. The molecule has 0 aliphatic carbocycles. The first kappa shape index (κ1) is 31.0. The summed E-state index contributed by atoms with van der Waals surface area (Å²) in [6.07, 6.45) is 0.825. The Hall–Kier alpha value is -3.26. The number of nitrogens with one attached hydrogen (secondary N) is 3. The Kier molecular flexibility index (Phi) is 10.6. The van der Waals surface area contributed by atoms with Crippen LogP contribution in [0.3, 0.4) is 0 Å². The van der Waals surface area contributed by atoms with Gasteiger partial charge in [0.25, 0.3) is 5.69 Å². The highest BCUT2D eigenvalue weighted by molar-refractivity contribution is 5.90. The highest BCUT2D eigenvalue weighted by Crippen LogP contribution is 2.22. The molecule has 8 heteroatoms. The Balaban J connectivity index is 2.19. The third-order valence-corrected chi connectivity index (χ3v) is 6.11. The molecule has 208 valence electrons. The topological polar surface area (TPSA) is 113 Å². The molecule has 0 fully saturated rings. The van der Waals surface area contributed by atoms with Crippen molar-refractivity contribution in [1.29, 1.82) is 0 Å². The minimum atomic E-state index is -0.828. The third-order valence-electron chi connectivity index (χ3n) is 6.11. The molecule has 0 unspecified atom stereocenters. The van der Waals surface area contributed by atoms with E-state index in [1.165, 1.54) is 17.7 Å². The van der Waals surface area contributed by atoms with Crippen LogP contribution in [-0.2, 0) is 28.0 Å². The van der Waals surface area contributed by atoms with Crippen LogP contribution in [0.15, 0.2) is 48.5 Å². The van der Waals surface area contributed by atoms with Crippen LogP contribution >= 0.6 is 0 Å².